The lowest BCUT2D eigenvalue weighted by Gasteiger charge is -2.19. The molecule has 1 aliphatic heterocycles. The van der Waals surface area contributed by atoms with Crippen LogP contribution in [0.2, 0.25) is 0 Å². The van der Waals surface area contributed by atoms with Crippen LogP contribution in [0.15, 0.2) is 18.2 Å². The van der Waals surface area contributed by atoms with E-state index in [1.807, 2.05) is 4.90 Å². The van der Waals surface area contributed by atoms with Crippen molar-refractivity contribution >= 4 is 23.0 Å². The van der Waals surface area contributed by atoms with Crippen molar-refractivity contribution in [2.45, 2.75) is 12.8 Å². The molecule has 5 heteroatoms. The van der Waals surface area contributed by atoms with Crippen molar-refractivity contribution in [3.05, 3.63) is 29.8 Å². The molecule has 1 aromatic carbocycles. The Balaban J connectivity index is 2.07. The molecule has 0 unspecified atom stereocenters. The van der Waals surface area contributed by atoms with E-state index in [4.69, 9.17) is 12.2 Å². The summed E-state index contributed by atoms with van der Waals surface area (Å²) in [6.45, 7) is 1.76. The van der Waals surface area contributed by atoms with Crippen LogP contribution >= 0.6 is 12.2 Å². The van der Waals surface area contributed by atoms with Crippen LogP contribution in [0.3, 0.4) is 0 Å². The lowest BCUT2D eigenvalue weighted by atomic mass is 10.3. The molecule has 1 aromatic rings. The minimum Gasteiger partial charge on any atom is -0.349 e. The van der Waals surface area contributed by atoms with Gasteiger partial charge < -0.3 is 10.2 Å². The predicted octanol–water partition coefficient (Wildman–Crippen LogP) is 2.76. The second-order valence-corrected chi connectivity index (χ2v) is 4.14. The van der Waals surface area contributed by atoms with Crippen LogP contribution in [0.1, 0.15) is 12.8 Å². The molecular formula is C11H12F2N2S. The number of benzene rings is 1. The Bertz CT molecular complexity index is 403. The topological polar surface area (TPSA) is 15.3 Å². The van der Waals surface area contributed by atoms with E-state index < -0.39 is 11.6 Å². The lowest BCUT2D eigenvalue weighted by Crippen LogP contribution is -2.32. The zero-order valence-corrected chi connectivity index (χ0v) is 9.49. The first-order chi connectivity index (χ1) is 7.66. The first-order valence-electron chi connectivity index (χ1n) is 5.18. The Kier molecular flexibility index (Phi) is 3.33. The van der Waals surface area contributed by atoms with E-state index >= 15 is 0 Å². The van der Waals surface area contributed by atoms with E-state index in [-0.39, 0.29) is 5.69 Å². The second kappa shape index (κ2) is 4.74. The third-order valence-electron chi connectivity index (χ3n) is 2.56. The molecule has 86 valence electrons. The summed E-state index contributed by atoms with van der Waals surface area (Å²) in [7, 11) is 0. The van der Waals surface area contributed by atoms with Gasteiger partial charge in [-0.3, -0.25) is 0 Å². The van der Waals surface area contributed by atoms with Gasteiger partial charge in [-0.05, 0) is 37.2 Å². The zero-order chi connectivity index (χ0) is 11.5. The molecule has 1 heterocycles. The normalized spacial score (nSPS) is 15.2. The molecule has 1 fully saturated rings. The van der Waals surface area contributed by atoms with E-state index in [9.17, 15) is 8.78 Å². The van der Waals surface area contributed by atoms with Crippen LogP contribution in [-0.4, -0.2) is 23.1 Å². The average molecular weight is 242 g/mol. The van der Waals surface area contributed by atoms with Gasteiger partial charge in [-0.15, -0.1) is 0 Å². The molecule has 2 nitrogen and oxygen atoms in total. The highest BCUT2D eigenvalue weighted by atomic mass is 32.1. The van der Waals surface area contributed by atoms with Crippen LogP contribution in [-0.2, 0) is 0 Å². The van der Waals surface area contributed by atoms with Crippen molar-refractivity contribution in [2.24, 2.45) is 0 Å². The third-order valence-corrected chi connectivity index (χ3v) is 2.92. The predicted molar refractivity (Wildman–Crippen MR) is 63.4 cm³/mol. The van der Waals surface area contributed by atoms with Gasteiger partial charge in [0.2, 0.25) is 0 Å². The molecule has 1 saturated heterocycles. The fourth-order valence-corrected chi connectivity index (χ4v) is 2.00. The summed E-state index contributed by atoms with van der Waals surface area (Å²) >= 11 is 5.12. The summed E-state index contributed by atoms with van der Waals surface area (Å²) in [5, 5.41) is 3.20. The summed E-state index contributed by atoms with van der Waals surface area (Å²) in [5.74, 6) is -0.976. The van der Waals surface area contributed by atoms with Gasteiger partial charge >= 0.3 is 0 Å². The Labute approximate surface area is 98.2 Å². The van der Waals surface area contributed by atoms with Gasteiger partial charge in [0.1, 0.15) is 11.6 Å². The Hall–Kier alpha value is -1.23. The van der Waals surface area contributed by atoms with Gasteiger partial charge in [0, 0.05) is 19.2 Å². The van der Waals surface area contributed by atoms with Gasteiger partial charge in [-0.25, -0.2) is 8.78 Å². The number of halogens is 2. The maximum absolute atomic E-state index is 13.3. The van der Waals surface area contributed by atoms with Crippen molar-refractivity contribution in [3.63, 3.8) is 0 Å². The smallest absolute Gasteiger partial charge is 0.173 e. The van der Waals surface area contributed by atoms with Crippen LogP contribution in [0.25, 0.3) is 0 Å². The third kappa shape index (κ3) is 2.47. The summed E-state index contributed by atoms with van der Waals surface area (Å²) in [6.07, 6.45) is 2.18. The van der Waals surface area contributed by atoms with E-state index in [2.05, 4.69) is 5.32 Å². The van der Waals surface area contributed by atoms with Gasteiger partial charge in [-0.1, -0.05) is 0 Å². The number of hydrogen-bond acceptors (Lipinski definition) is 1. The lowest BCUT2D eigenvalue weighted by molar-refractivity contribution is 0.527. The fraction of sp³-hybridized carbons (Fsp3) is 0.364. The van der Waals surface area contributed by atoms with Crippen LogP contribution in [0.4, 0.5) is 14.5 Å². The van der Waals surface area contributed by atoms with Crippen molar-refractivity contribution in [1.29, 1.82) is 0 Å². The minimum atomic E-state index is -0.497. The van der Waals surface area contributed by atoms with E-state index in [0.717, 1.165) is 44.1 Å². The minimum absolute atomic E-state index is 0.0944. The number of nitrogens with one attached hydrogen (secondary N) is 1. The summed E-state index contributed by atoms with van der Waals surface area (Å²) in [4.78, 5) is 1.96. The van der Waals surface area contributed by atoms with Gasteiger partial charge in [-0.2, -0.15) is 0 Å². The quantitative estimate of drug-likeness (QED) is 0.762. The highest BCUT2D eigenvalue weighted by molar-refractivity contribution is 7.80. The molecule has 1 N–H and O–H groups in total. The summed E-state index contributed by atoms with van der Waals surface area (Å²) < 4.78 is 26.2. The molecule has 0 aliphatic carbocycles. The van der Waals surface area contributed by atoms with Crippen LogP contribution < -0.4 is 5.32 Å². The number of nitrogens with zero attached hydrogens (tertiary/aromatic N) is 1. The molecule has 0 bridgehead atoms. The number of likely N-dealkylation sites (tertiary alicyclic amines) is 1. The Morgan fingerprint density at radius 3 is 2.62 bits per heavy atom. The average Bonchev–Trinajstić information content (AvgIpc) is 2.76. The van der Waals surface area contributed by atoms with Crippen LogP contribution in [0.5, 0.6) is 0 Å². The Morgan fingerprint density at radius 2 is 1.94 bits per heavy atom. The van der Waals surface area contributed by atoms with E-state index in [1.165, 1.54) is 0 Å². The largest absolute Gasteiger partial charge is 0.349 e. The molecule has 0 saturated carbocycles. The standard InChI is InChI=1S/C11H12F2N2S/c12-8-3-4-9(13)10(7-8)14-11(16)15-5-1-2-6-15/h3-4,7H,1-2,5-6H2,(H,14,16). The van der Waals surface area contributed by atoms with Crippen molar-refractivity contribution in [3.8, 4) is 0 Å². The molecule has 2 rings (SSSR count). The van der Waals surface area contributed by atoms with Gasteiger partial charge in [0.15, 0.2) is 5.11 Å². The molecule has 1 aliphatic rings. The molecule has 0 spiro atoms. The maximum Gasteiger partial charge on any atom is 0.173 e. The maximum atomic E-state index is 13.3. The summed E-state index contributed by atoms with van der Waals surface area (Å²) in [5.41, 5.74) is 0.0944. The Morgan fingerprint density at radius 1 is 1.25 bits per heavy atom. The molecule has 0 aromatic heterocycles. The highest BCUT2D eigenvalue weighted by Gasteiger charge is 2.15. The first kappa shape index (κ1) is 11.3. The second-order valence-electron chi connectivity index (χ2n) is 3.75. The van der Waals surface area contributed by atoms with Gasteiger partial charge in [0.25, 0.3) is 0 Å². The van der Waals surface area contributed by atoms with Crippen molar-refractivity contribution < 1.29 is 8.78 Å². The highest BCUT2D eigenvalue weighted by Crippen LogP contribution is 2.17. The first-order valence-corrected chi connectivity index (χ1v) is 5.58. The summed E-state index contributed by atoms with van der Waals surface area (Å²) in [6, 6.07) is 3.28. The zero-order valence-electron chi connectivity index (χ0n) is 8.67. The number of rotatable bonds is 1. The van der Waals surface area contributed by atoms with Crippen LogP contribution in [0, 0.1) is 11.6 Å². The van der Waals surface area contributed by atoms with Crippen molar-refractivity contribution in [1.82, 2.24) is 4.90 Å². The van der Waals surface area contributed by atoms with Gasteiger partial charge in [0.05, 0.1) is 5.69 Å². The number of thiocarbonyl (C=S) groups is 1. The van der Waals surface area contributed by atoms with E-state index in [0.29, 0.717) is 5.11 Å². The molecule has 0 amide bonds. The van der Waals surface area contributed by atoms with E-state index in [1.54, 1.807) is 0 Å². The SMILES string of the molecule is Fc1ccc(F)c(NC(=S)N2CCCC2)c1. The molecule has 0 radical (unpaired) electrons. The van der Waals surface area contributed by atoms with Crippen molar-refractivity contribution in [2.75, 3.05) is 18.4 Å². The molecule has 0 atom stereocenters. The fourth-order valence-electron chi connectivity index (χ4n) is 1.71. The number of hydrogen-bond donors (Lipinski definition) is 1. The molecule has 16 heavy (non-hydrogen) atoms. The monoisotopic (exact) mass is 242 g/mol. The number of anilines is 1. The molecular weight excluding hydrogens is 230 g/mol.